The van der Waals surface area contributed by atoms with E-state index in [4.69, 9.17) is 0 Å². The maximum absolute atomic E-state index is 11.4. The zero-order chi connectivity index (χ0) is 14.8. The third-order valence-corrected chi connectivity index (χ3v) is 5.41. The van der Waals surface area contributed by atoms with Crippen molar-refractivity contribution in [1.82, 2.24) is 9.97 Å². The molecule has 0 atom stereocenters. The predicted octanol–water partition coefficient (Wildman–Crippen LogP) is 2.85. The van der Waals surface area contributed by atoms with E-state index in [1.165, 1.54) is 23.1 Å². The van der Waals surface area contributed by atoms with Gasteiger partial charge in [0.2, 0.25) is 0 Å². The molecule has 3 aromatic rings. The molecule has 0 aromatic carbocycles. The Kier molecular flexibility index (Phi) is 3.64. The lowest BCUT2D eigenvalue weighted by atomic mass is 10.3. The Bertz CT molecular complexity index is 894. The molecule has 21 heavy (non-hydrogen) atoms. The van der Waals surface area contributed by atoms with Gasteiger partial charge in [0, 0.05) is 24.2 Å². The van der Waals surface area contributed by atoms with E-state index in [1.54, 1.807) is 12.4 Å². The van der Waals surface area contributed by atoms with Gasteiger partial charge in [-0.15, -0.1) is 23.1 Å². The summed E-state index contributed by atoms with van der Waals surface area (Å²) in [7, 11) is 0. The van der Waals surface area contributed by atoms with Crippen LogP contribution in [0.1, 0.15) is 11.1 Å². The van der Waals surface area contributed by atoms with Gasteiger partial charge in [-0.25, -0.2) is 0 Å². The highest BCUT2D eigenvalue weighted by molar-refractivity contribution is 8.00. The van der Waals surface area contributed by atoms with Crippen molar-refractivity contribution in [2.24, 2.45) is 0 Å². The third kappa shape index (κ3) is 2.63. The first-order chi connectivity index (χ1) is 10.2. The molecule has 104 valence electrons. The normalized spacial score (nSPS) is 10.6. The number of nitrogens with one attached hydrogen (secondary N) is 1. The van der Waals surface area contributed by atoms with E-state index >= 15 is 0 Å². The van der Waals surface area contributed by atoms with Gasteiger partial charge in [-0.2, -0.15) is 5.26 Å². The molecule has 0 aliphatic carbocycles. The monoisotopic (exact) mass is 315 g/mol. The van der Waals surface area contributed by atoms with Gasteiger partial charge in [0.25, 0.3) is 5.56 Å². The highest BCUT2D eigenvalue weighted by atomic mass is 32.2. The minimum atomic E-state index is -0.417. The average Bonchev–Trinajstić information content (AvgIpc) is 2.84. The number of rotatable bonds is 3. The second-order valence-electron chi connectivity index (χ2n) is 4.24. The molecule has 3 rings (SSSR count). The Balaban J connectivity index is 2.01. The van der Waals surface area contributed by atoms with Gasteiger partial charge < -0.3 is 10.1 Å². The van der Waals surface area contributed by atoms with Crippen LogP contribution in [0, 0.1) is 11.3 Å². The zero-order valence-corrected chi connectivity index (χ0v) is 12.3. The largest absolute Gasteiger partial charge is 0.506 e. The fraction of sp³-hybridized carbons (Fsp3) is 0.0714. The molecule has 0 radical (unpaired) electrons. The quantitative estimate of drug-likeness (QED) is 0.725. The van der Waals surface area contributed by atoms with Gasteiger partial charge >= 0.3 is 0 Å². The SMILES string of the molecule is N#Cc1c(SCc2ccncc2)sc2c(O)cc(=O)[nH]c12. The first-order valence-corrected chi connectivity index (χ1v) is 7.80. The number of fused-ring (bicyclic) bond motifs is 1. The molecule has 5 nitrogen and oxygen atoms in total. The summed E-state index contributed by atoms with van der Waals surface area (Å²) in [6, 6.07) is 7.04. The van der Waals surface area contributed by atoms with Crippen LogP contribution in [0.15, 0.2) is 39.6 Å². The zero-order valence-electron chi connectivity index (χ0n) is 10.7. The maximum atomic E-state index is 11.4. The fourth-order valence-corrected chi connectivity index (χ4v) is 4.19. The van der Waals surface area contributed by atoms with E-state index in [2.05, 4.69) is 16.0 Å². The van der Waals surface area contributed by atoms with E-state index in [9.17, 15) is 15.2 Å². The second-order valence-corrected chi connectivity index (χ2v) is 6.51. The van der Waals surface area contributed by atoms with Crippen LogP contribution in [0.2, 0.25) is 0 Å². The maximum Gasteiger partial charge on any atom is 0.252 e. The number of pyridine rings is 2. The van der Waals surface area contributed by atoms with Gasteiger partial charge in [0.05, 0.1) is 14.4 Å². The molecule has 0 spiro atoms. The minimum absolute atomic E-state index is 0.0917. The van der Waals surface area contributed by atoms with Crippen molar-refractivity contribution in [2.75, 3.05) is 0 Å². The van der Waals surface area contributed by atoms with Crippen molar-refractivity contribution < 1.29 is 5.11 Å². The summed E-state index contributed by atoms with van der Waals surface area (Å²) in [5.74, 6) is 0.598. The summed E-state index contributed by atoms with van der Waals surface area (Å²) in [6.45, 7) is 0. The average molecular weight is 315 g/mol. The molecule has 2 N–H and O–H groups in total. The molecule has 0 amide bonds. The molecule has 0 unspecified atom stereocenters. The Hall–Kier alpha value is -2.30. The Morgan fingerprint density at radius 3 is 2.90 bits per heavy atom. The van der Waals surface area contributed by atoms with Crippen LogP contribution in [0.3, 0.4) is 0 Å². The van der Waals surface area contributed by atoms with Gasteiger partial charge in [-0.05, 0) is 17.7 Å². The van der Waals surface area contributed by atoms with Gasteiger partial charge in [0.15, 0.2) is 0 Å². The van der Waals surface area contributed by atoms with Crippen LogP contribution in [-0.4, -0.2) is 15.1 Å². The van der Waals surface area contributed by atoms with Crippen LogP contribution < -0.4 is 5.56 Å². The number of aromatic nitrogens is 2. The summed E-state index contributed by atoms with van der Waals surface area (Å²) >= 11 is 2.81. The number of thiophene rings is 1. The molecule has 0 fully saturated rings. The number of hydrogen-bond acceptors (Lipinski definition) is 6. The topological polar surface area (TPSA) is 89.8 Å². The van der Waals surface area contributed by atoms with Crippen LogP contribution >= 0.6 is 23.1 Å². The lowest BCUT2D eigenvalue weighted by molar-refractivity contribution is 0.481. The van der Waals surface area contributed by atoms with Crippen molar-refractivity contribution in [3.63, 3.8) is 0 Å². The number of hydrogen-bond donors (Lipinski definition) is 2. The van der Waals surface area contributed by atoms with Crippen molar-refractivity contribution in [3.05, 3.63) is 52.1 Å². The number of nitriles is 1. The van der Waals surface area contributed by atoms with E-state index < -0.39 is 5.56 Å². The Labute approximate surface area is 127 Å². The molecule has 3 aromatic heterocycles. The molecular weight excluding hydrogens is 306 g/mol. The standard InChI is InChI=1S/C14H9N3O2S2/c15-6-9-12-13(10(18)5-11(19)17-12)21-14(9)20-7-8-1-3-16-4-2-8/h1-5H,7H2,(H2,17,18,19). The molecule has 0 bridgehead atoms. The number of aromatic amines is 1. The number of aromatic hydroxyl groups is 1. The molecule has 0 aliphatic rings. The summed E-state index contributed by atoms with van der Waals surface area (Å²) in [6.07, 6.45) is 3.44. The number of thioether (sulfide) groups is 1. The van der Waals surface area contributed by atoms with Crippen molar-refractivity contribution in [2.45, 2.75) is 9.96 Å². The van der Waals surface area contributed by atoms with Gasteiger partial charge in [-0.1, -0.05) is 0 Å². The highest BCUT2D eigenvalue weighted by Crippen LogP contribution is 2.40. The van der Waals surface area contributed by atoms with Crippen LogP contribution in [0.5, 0.6) is 5.75 Å². The van der Waals surface area contributed by atoms with E-state index in [1.807, 2.05) is 12.1 Å². The second kappa shape index (κ2) is 5.60. The number of H-pyrrole nitrogens is 1. The summed E-state index contributed by atoms with van der Waals surface area (Å²) in [5.41, 5.74) is 1.49. The summed E-state index contributed by atoms with van der Waals surface area (Å²) in [4.78, 5) is 18.0. The molecular formula is C14H9N3O2S2. The number of nitrogens with zero attached hydrogens (tertiary/aromatic N) is 2. The molecule has 0 saturated heterocycles. The lowest BCUT2D eigenvalue weighted by Gasteiger charge is -1.99. The summed E-state index contributed by atoms with van der Waals surface area (Å²) in [5, 5.41) is 19.1. The third-order valence-electron chi connectivity index (χ3n) is 2.86. The van der Waals surface area contributed by atoms with E-state index in [0.29, 0.717) is 21.5 Å². The fourth-order valence-electron chi connectivity index (χ4n) is 1.89. The van der Waals surface area contributed by atoms with E-state index in [-0.39, 0.29) is 5.75 Å². The van der Waals surface area contributed by atoms with Crippen LogP contribution in [-0.2, 0) is 5.75 Å². The molecule has 0 aliphatic heterocycles. The van der Waals surface area contributed by atoms with Gasteiger partial charge in [0.1, 0.15) is 17.4 Å². The molecule has 7 heteroatoms. The predicted molar refractivity (Wildman–Crippen MR) is 82.6 cm³/mol. The highest BCUT2D eigenvalue weighted by Gasteiger charge is 2.16. The van der Waals surface area contributed by atoms with Gasteiger partial charge in [-0.3, -0.25) is 9.78 Å². The lowest BCUT2D eigenvalue weighted by Crippen LogP contribution is -2.02. The molecule has 3 heterocycles. The smallest absolute Gasteiger partial charge is 0.252 e. The summed E-state index contributed by atoms with van der Waals surface area (Å²) < 4.78 is 1.31. The van der Waals surface area contributed by atoms with Crippen LogP contribution in [0.25, 0.3) is 10.2 Å². The van der Waals surface area contributed by atoms with Crippen LogP contribution in [0.4, 0.5) is 0 Å². The molecule has 0 saturated carbocycles. The first kappa shape index (κ1) is 13.7. The minimum Gasteiger partial charge on any atom is -0.506 e. The van der Waals surface area contributed by atoms with Crippen molar-refractivity contribution >= 4 is 33.3 Å². The van der Waals surface area contributed by atoms with Crippen molar-refractivity contribution in [1.29, 1.82) is 5.26 Å². The first-order valence-electron chi connectivity index (χ1n) is 5.99. The Morgan fingerprint density at radius 1 is 1.43 bits per heavy atom. The Morgan fingerprint density at radius 2 is 2.19 bits per heavy atom. The van der Waals surface area contributed by atoms with Crippen molar-refractivity contribution in [3.8, 4) is 11.8 Å². The van der Waals surface area contributed by atoms with E-state index in [0.717, 1.165) is 15.8 Å².